The average molecular weight is 255 g/mol. The van der Waals surface area contributed by atoms with Gasteiger partial charge in [-0.2, -0.15) is 5.26 Å². The van der Waals surface area contributed by atoms with E-state index in [2.05, 4.69) is 27.3 Å². The number of aliphatic hydroxyl groups excluding tert-OH is 1. The molecule has 2 N–H and O–H groups in total. The van der Waals surface area contributed by atoms with Crippen molar-refractivity contribution >= 4 is 15.9 Å². The highest BCUT2D eigenvalue weighted by atomic mass is 79.9. The molecule has 0 spiro atoms. The summed E-state index contributed by atoms with van der Waals surface area (Å²) in [6, 6.07) is 9.32. The molecule has 0 saturated carbocycles. The third-order valence-electron chi connectivity index (χ3n) is 1.79. The molecule has 1 aromatic rings. The van der Waals surface area contributed by atoms with Crippen LogP contribution < -0.4 is 5.32 Å². The van der Waals surface area contributed by atoms with Gasteiger partial charge in [-0.1, -0.05) is 28.1 Å². The maximum absolute atomic E-state index is 8.87. The quantitative estimate of drug-likeness (QED) is 0.859. The molecule has 74 valence electrons. The van der Waals surface area contributed by atoms with Crippen molar-refractivity contribution in [1.82, 2.24) is 5.32 Å². The maximum Gasteiger partial charge on any atom is 0.121 e. The van der Waals surface area contributed by atoms with Gasteiger partial charge in [-0.15, -0.1) is 0 Å². The summed E-state index contributed by atoms with van der Waals surface area (Å²) in [6.45, 7) is 0.461. The van der Waals surface area contributed by atoms with Crippen LogP contribution in [0.4, 0.5) is 0 Å². The van der Waals surface area contributed by atoms with Crippen LogP contribution in [0.2, 0.25) is 0 Å². The van der Waals surface area contributed by atoms with Crippen LogP contribution in [-0.2, 0) is 0 Å². The lowest BCUT2D eigenvalue weighted by molar-refractivity contribution is 0.289. The number of hydrogen-bond donors (Lipinski definition) is 2. The lowest BCUT2D eigenvalue weighted by Gasteiger charge is -2.10. The van der Waals surface area contributed by atoms with Gasteiger partial charge in [0, 0.05) is 11.0 Å². The Morgan fingerprint density at radius 2 is 2.07 bits per heavy atom. The monoisotopic (exact) mass is 254 g/mol. The normalized spacial score (nSPS) is 12.1. The minimum atomic E-state index is -0.352. The van der Waals surface area contributed by atoms with Crippen molar-refractivity contribution < 1.29 is 5.11 Å². The first-order chi connectivity index (χ1) is 6.77. The third kappa shape index (κ3) is 3.11. The minimum Gasteiger partial charge on any atom is -0.395 e. The molecule has 1 rings (SSSR count). The van der Waals surface area contributed by atoms with Gasteiger partial charge in [0.2, 0.25) is 0 Å². The van der Waals surface area contributed by atoms with Crippen molar-refractivity contribution in [2.75, 3.05) is 13.2 Å². The van der Waals surface area contributed by atoms with E-state index in [0.29, 0.717) is 6.54 Å². The van der Waals surface area contributed by atoms with Gasteiger partial charge in [0.1, 0.15) is 6.04 Å². The van der Waals surface area contributed by atoms with Gasteiger partial charge in [-0.3, -0.25) is 5.32 Å². The third-order valence-corrected chi connectivity index (χ3v) is 2.32. The van der Waals surface area contributed by atoms with E-state index in [1.807, 2.05) is 24.3 Å². The predicted molar refractivity (Wildman–Crippen MR) is 57.6 cm³/mol. The molecule has 0 fully saturated rings. The van der Waals surface area contributed by atoms with Crippen LogP contribution >= 0.6 is 15.9 Å². The first-order valence-electron chi connectivity index (χ1n) is 4.27. The highest BCUT2D eigenvalue weighted by Gasteiger charge is 2.07. The molecule has 3 nitrogen and oxygen atoms in total. The SMILES string of the molecule is N#CC(NCCO)c1ccc(Br)cc1. The lowest BCUT2D eigenvalue weighted by atomic mass is 10.1. The molecule has 0 radical (unpaired) electrons. The molecule has 1 aromatic carbocycles. The Labute approximate surface area is 91.5 Å². The summed E-state index contributed by atoms with van der Waals surface area (Å²) in [6.07, 6.45) is 0. The van der Waals surface area contributed by atoms with Crippen molar-refractivity contribution in [2.24, 2.45) is 0 Å². The summed E-state index contributed by atoms with van der Waals surface area (Å²) in [5.74, 6) is 0. The summed E-state index contributed by atoms with van der Waals surface area (Å²) >= 11 is 3.33. The molecular formula is C10H11BrN2O. The maximum atomic E-state index is 8.87. The Morgan fingerprint density at radius 1 is 1.43 bits per heavy atom. The van der Waals surface area contributed by atoms with Crippen LogP contribution in [-0.4, -0.2) is 18.3 Å². The van der Waals surface area contributed by atoms with Gasteiger partial charge < -0.3 is 5.11 Å². The van der Waals surface area contributed by atoms with Gasteiger partial charge in [0.25, 0.3) is 0 Å². The van der Waals surface area contributed by atoms with E-state index in [0.717, 1.165) is 10.0 Å². The first-order valence-corrected chi connectivity index (χ1v) is 5.06. The van der Waals surface area contributed by atoms with E-state index < -0.39 is 0 Å². The molecular weight excluding hydrogens is 244 g/mol. The molecule has 0 amide bonds. The molecule has 4 heteroatoms. The van der Waals surface area contributed by atoms with Crippen molar-refractivity contribution in [3.05, 3.63) is 34.3 Å². The molecule has 0 aliphatic heterocycles. The van der Waals surface area contributed by atoms with Gasteiger partial charge >= 0.3 is 0 Å². The first kappa shape index (κ1) is 11.2. The Morgan fingerprint density at radius 3 is 2.57 bits per heavy atom. The van der Waals surface area contributed by atoms with Crippen LogP contribution in [0.1, 0.15) is 11.6 Å². The number of hydrogen-bond acceptors (Lipinski definition) is 3. The molecule has 0 aliphatic carbocycles. The number of nitrogens with one attached hydrogen (secondary N) is 1. The molecule has 14 heavy (non-hydrogen) atoms. The summed E-state index contributed by atoms with van der Waals surface area (Å²) in [4.78, 5) is 0. The van der Waals surface area contributed by atoms with Gasteiger partial charge in [0.05, 0.1) is 12.7 Å². The number of rotatable bonds is 4. The summed E-state index contributed by atoms with van der Waals surface area (Å²) < 4.78 is 0.986. The fraction of sp³-hybridized carbons (Fsp3) is 0.300. The van der Waals surface area contributed by atoms with Crippen LogP contribution in [0, 0.1) is 11.3 Å². The second-order valence-electron chi connectivity index (χ2n) is 2.79. The second kappa shape index (κ2) is 5.76. The zero-order valence-corrected chi connectivity index (χ0v) is 9.16. The summed E-state index contributed by atoms with van der Waals surface area (Å²) in [5.41, 5.74) is 0.907. The average Bonchev–Trinajstić information content (AvgIpc) is 2.21. The number of nitriles is 1. The van der Waals surface area contributed by atoms with Crippen molar-refractivity contribution in [1.29, 1.82) is 5.26 Å². The van der Waals surface area contributed by atoms with E-state index in [4.69, 9.17) is 10.4 Å². The van der Waals surface area contributed by atoms with E-state index in [-0.39, 0.29) is 12.6 Å². The van der Waals surface area contributed by atoms with Crippen molar-refractivity contribution in [3.63, 3.8) is 0 Å². The summed E-state index contributed by atoms with van der Waals surface area (Å²) in [7, 11) is 0. The topological polar surface area (TPSA) is 56.0 Å². The Hall–Kier alpha value is -0.890. The number of aliphatic hydroxyl groups is 1. The molecule has 0 aliphatic rings. The zero-order valence-electron chi connectivity index (χ0n) is 7.57. The highest BCUT2D eigenvalue weighted by molar-refractivity contribution is 9.10. The Bertz CT molecular complexity index is 318. The predicted octanol–water partition coefficient (Wildman–Crippen LogP) is 1.60. The second-order valence-corrected chi connectivity index (χ2v) is 3.71. The lowest BCUT2D eigenvalue weighted by Crippen LogP contribution is -2.23. The van der Waals surface area contributed by atoms with Crippen molar-refractivity contribution in [3.8, 4) is 6.07 Å². The number of halogens is 1. The standard InChI is InChI=1S/C10H11BrN2O/c11-9-3-1-8(2-4-9)10(7-12)13-5-6-14/h1-4,10,13-14H,5-6H2. The van der Waals surface area contributed by atoms with Gasteiger partial charge in [0.15, 0.2) is 0 Å². The fourth-order valence-electron chi connectivity index (χ4n) is 1.10. The van der Waals surface area contributed by atoms with E-state index >= 15 is 0 Å². The molecule has 0 saturated heterocycles. The van der Waals surface area contributed by atoms with E-state index in [1.165, 1.54) is 0 Å². The molecule has 0 aromatic heterocycles. The van der Waals surface area contributed by atoms with Gasteiger partial charge in [-0.05, 0) is 17.7 Å². The molecule has 1 atom stereocenters. The smallest absolute Gasteiger partial charge is 0.121 e. The van der Waals surface area contributed by atoms with Crippen LogP contribution in [0.25, 0.3) is 0 Å². The Kier molecular flexibility index (Phi) is 4.60. The number of benzene rings is 1. The largest absolute Gasteiger partial charge is 0.395 e. The molecule has 0 bridgehead atoms. The Balaban J connectivity index is 2.70. The van der Waals surface area contributed by atoms with Crippen molar-refractivity contribution in [2.45, 2.75) is 6.04 Å². The van der Waals surface area contributed by atoms with Crippen LogP contribution in [0.5, 0.6) is 0 Å². The van der Waals surface area contributed by atoms with E-state index in [1.54, 1.807) is 0 Å². The molecule has 1 unspecified atom stereocenters. The van der Waals surface area contributed by atoms with Gasteiger partial charge in [-0.25, -0.2) is 0 Å². The molecule has 0 heterocycles. The van der Waals surface area contributed by atoms with Crippen LogP contribution in [0.15, 0.2) is 28.7 Å². The fourth-order valence-corrected chi connectivity index (χ4v) is 1.37. The summed E-state index contributed by atoms with van der Waals surface area (Å²) in [5, 5.41) is 20.4. The zero-order chi connectivity index (χ0) is 10.4. The van der Waals surface area contributed by atoms with Crippen LogP contribution in [0.3, 0.4) is 0 Å². The number of nitrogens with zero attached hydrogens (tertiary/aromatic N) is 1. The van der Waals surface area contributed by atoms with E-state index in [9.17, 15) is 0 Å². The highest BCUT2D eigenvalue weighted by Crippen LogP contribution is 2.16. The minimum absolute atomic E-state index is 0.0364.